The Hall–Kier alpha value is -0.653. The Morgan fingerprint density at radius 2 is 2.10 bits per heavy atom. The second-order valence-corrected chi connectivity index (χ2v) is 12.7. The summed E-state index contributed by atoms with van der Waals surface area (Å²) in [6, 6.07) is 5.82. The smallest absolute Gasteiger partial charge is 0.192 e. The van der Waals surface area contributed by atoms with Crippen LogP contribution in [0.15, 0.2) is 23.1 Å². The fourth-order valence-corrected chi connectivity index (χ4v) is 3.77. The van der Waals surface area contributed by atoms with E-state index in [0.29, 0.717) is 6.61 Å². The van der Waals surface area contributed by atoms with Crippen LogP contribution in [-0.4, -0.2) is 26.8 Å². The number of thioether (sulfide) groups is 1. The van der Waals surface area contributed by atoms with Crippen molar-refractivity contribution in [2.75, 3.05) is 18.1 Å². The Morgan fingerprint density at radius 1 is 1.40 bits per heavy atom. The van der Waals surface area contributed by atoms with Gasteiger partial charge in [-0.25, -0.2) is 0 Å². The molecule has 1 unspecified atom stereocenters. The third-order valence-corrected chi connectivity index (χ3v) is 9.79. The lowest BCUT2D eigenvalue weighted by Gasteiger charge is -2.37. The number of hydrogen-bond donors (Lipinski definition) is 1. The molecular formula is C15H25NO2SSi. The first kappa shape index (κ1) is 15.7. The van der Waals surface area contributed by atoms with Crippen molar-refractivity contribution in [3.8, 4) is 5.75 Å². The number of rotatable bonds is 3. The molecule has 0 radical (unpaired) electrons. The molecule has 1 heterocycles. The van der Waals surface area contributed by atoms with Crippen molar-refractivity contribution in [1.82, 2.24) is 0 Å². The van der Waals surface area contributed by atoms with Crippen LogP contribution in [0.4, 0.5) is 5.69 Å². The molecule has 5 heteroatoms. The molecule has 0 spiro atoms. The molecule has 2 rings (SSSR count). The number of fused-ring (bicyclic) bond motifs is 1. The van der Waals surface area contributed by atoms with Gasteiger partial charge in [0.2, 0.25) is 0 Å². The minimum Gasteiger partial charge on any atom is -0.486 e. The van der Waals surface area contributed by atoms with Crippen molar-refractivity contribution < 1.29 is 9.16 Å². The van der Waals surface area contributed by atoms with Crippen LogP contribution in [0.3, 0.4) is 0 Å². The van der Waals surface area contributed by atoms with Gasteiger partial charge in [-0.3, -0.25) is 0 Å². The monoisotopic (exact) mass is 311 g/mol. The van der Waals surface area contributed by atoms with Gasteiger partial charge < -0.3 is 14.9 Å². The van der Waals surface area contributed by atoms with E-state index in [1.807, 2.05) is 18.2 Å². The van der Waals surface area contributed by atoms with Crippen molar-refractivity contribution in [3.05, 3.63) is 18.2 Å². The predicted octanol–water partition coefficient (Wildman–Crippen LogP) is 4.14. The SMILES string of the molecule is CC(C)(C)[Si](C)(C)OCC1CSc2cc(N)ccc2O1. The lowest BCUT2D eigenvalue weighted by Crippen LogP contribution is -2.44. The van der Waals surface area contributed by atoms with Crippen LogP contribution in [0.2, 0.25) is 18.1 Å². The number of hydrogen-bond acceptors (Lipinski definition) is 4. The van der Waals surface area contributed by atoms with E-state index in [4.69, 9.17) is 14.9 Å². The predicted molar refractivity (Wildman–Crippen MR) is 89.1 cm³/mol. The molecule has 0 aliphatic carbocycles. The van der Waals surface area contributed by atoms with Gasteiger partial charge in [0.1, 0.15) is 11.9 Å². The summed E-state index contributed by atoms with van der Waals surface area (Å²) >= 11 is 1.80. The zero-order chi connectivity index (χ0) is 15.0. The Morgan fingerprint density at radius 3 is 2.75 bits per heavy atom. The highest BCUT2D eigenvalue weighted by Crippen LogP contribution is 2.39. The first-order valence-corrected chi connectivity index (χ1v) is 10.9. The van der Waals surface area contributed by atoms with Gasteiger partial charge in [-0.15, -0.1) is 11.8 Å². The Bertz CT molecular complexity index is 485. The van der Waals surface area contributed by atoms with Gasteiger partial charge in [0.25, 0.3) is 0 Å². The van der Waals surface area contributed by atoms with E-state index in [0.717, 1.165) is 22.1 Å². The fraction of sp³-hybridized carbons (Fsp3) is 0.600. The average Bonchev–Trinajstić information content (AvgIpc) is 2.35. The molecule has 0 fully saturated rings. The maximum absolute atomic E-state index is 6.25. The average molecular weight is 312 g/mol. The molecule has 0 bridgehead atoms. The van der Waals surface area contributed by atoms with Gasteiger partial charge >= 0.3 is 0 Å². The summed E-state index contributed by atoms with van der Waals surface area (Å²) in [7, 11) is -1.70. The van der Waals surface area contributed by atoms with Crippen LogP contribution >= 0.6 is 11.8 Å². The molecule has 0 amide bonds. The first-order valence-electron chi connectivity index (χ1n) is 7.02. The third-order valence-electron chi connectivity index (χ3n) is 4.12. The van der Waals surface area contributed by atoms with Crippen molar-refractivity contribution in [3.63, 3.8) is 0 Å². The van der Waals surface area contributed by atoms with Gasteiger partial charge in [-0.1, -0.05) is 20.8 Å². The quantitative estimate of drug-likeness (QED) is 0.673. The largest absolute Gasteiger partial charge is 0.486 e. The number of ether oxygens (including phenoxy) is 1. The molecule has 1 aliphatic heterocycles. The van der Waals surface area contributed by atoms with Crippen LogP contribution in [0, 0.1) is 0 Å². The summed E-state index contributed by atoms with van der Waals surface area (Å²) in [5.41, 5.74) is 6.58. The van der Waals surface area contributed by atoms with Gasteiger partial charge in [0, 0.05) is 11.4 Å². The zero-order valence-corrected chi connectivity index (χ0v) is 14.8. The van der Waals surface area contributed by atoms with E-state index in [2.05, 4.69) is 33.9 Å². The second kappa shape index (κ2) is 5.62. The fourth-order valence-electron chi connectivity index (χ4n) is 1.73. The van der Waals surface area contributed by atoms with Crippen LogP contribution in [0.5, 0.6) is 5.75 Å². The molecule has 2 N–H and O–H groups in total. The van der Waals surface area contributed by atoms with E-state index >= 15 is 0 Å². The molecule has 1 aromatic rings. The third kappa shape index (κ3) is 3.51. The highest BCUT2D eigenvalue weighted by molar-refractivity contribution is 7.99. The lowest BCUT2D eigenvalue weighted by molar-refractivity contribution is 0.131. The molecule has 3 nitrogen and oxygen atoms in total. The van der Waals surface area contributed by atoms with Gasteiger partial charge in [-0.2, -0.15) is 0 Å². The van der Waals surface area contributed by atoms with Crippen molar-refractivity contribution >= 4 is 25.8 Å². The topological polar surface area (TPSA) is 44.5 Å². The van der Waals surface area contributed by atoms with Gasteiger partial charge in [-0.05, 0) is 36.3 Å². The minimum absolute atomic E-state index is 0.130. The van der Waals surface area contributed by atoms with Crippen LogP contribution < -0.4 is 10.5 Å². The van der Waals surface area contributed by atoms with Crippen molar-refractivity contribution in [2.45, 2.75) is 49.9 Å². The summed E-state index contributed by atoms with van der Waals surface area (Å²) in [5.74, 6) is 1.85. The summed E-state index contributed by atoms with van der Waals surface area (Å²) in [6.45, 7) is 12.0. The minimum atomic E-state index is -1.70. The number of nitrogens with two attached hydrogens (primary N) is 1. The van der Waals surface area contributed by atoms with Crippen LogP contribution in [0.1, 0.15) is 20.8 Å². The molecule has 0 aromatic heterocycles. The summed E-state index contributed by atoms with van der Waals surface area (Å²) in [5, 5.41) is 0.237. The molecular weight excluding hydrogens is 286 g/mol. The molecule has 0 saturated heterocycles. The van der Waals surface area contributed by atoms with E-state index in [-0.39, 0.29) is 11.1 Å². The number of benzene rings is 1. The Labute approximate surface area is 127 Å². The number of nitrogen functional groups attached to an aromatic ring is 1. The van der Waals surface area contributed by atoms with E-state index in [1.165, 1.54) is 0 Å². The Kier molecular flexibility index (Phi) is 4.42. The molecule has 112 valence electrons. The summed E-state index contributed by atoms with van der Waals surface area (Å²) in [4.78, 5) is 1.13. The Balaban J connectivity index is 1.96. The first-order chi connectivity index (χ1) is 9.19. The standard InChI is InChI=1S/C15H25NO2SSi/c1-15(2,3)20(4,5)17-9-12-10-19-14-8-11(16)6-7-13(14)18-12/h6-8,12H,9-10,16H2,1-5H3. The molecule has 0 saturated carbocycles. The van der Waals surface area contributed by atoms with Gasteiger partial charge in [0.05, 0.1) is 11.5 Å². The van der Waals surface area contributed by atoms with Crippen LogP contribution in [-0.2, 0) is 4.43 Å². The number of anilines is 1. The highest BCUT2D eigenvalue weighted by atomic mass is 32.2. The zero-order valence-electron chi connectivity index (χ0n) is 13.0. The van der Waals surface area contributed by atoms with E-state index < -0.39 is 8.32 Å². The highest BCUT2D eigenvalue weighted by Gasteiger charge is 2.38. The maximum atomic E-state index is 6.25. The van der Waals surface area contributed by atoms with Crippen molar-refractivity contribution in [1.29, 1.82) is 0 Å². The van der Waals surface area contributed by atoms with E-state index in [1.54, 1.807) is 11.8 Å². The molecule has 1 aromatic carbocycles. The maximum Gasteiger partial charge on any atom is 0.192 e. The van der Waals surface area contributed by atoms with Crippen molar-refractivity contribution in [2.24, 2.45) is 0 Å². The second-order valence-electron chi connectivity index (χ2n) is 6.83. The summed E-state index contributed by atoms with van der Waals surface area (Å²) in [6.07, 6.45) is 0.130. The van der Waals surface area contributed by atoms with E-state index in [9.17, 15) is 0 Å². The summed E-state index contributed by atoms with van der Waals surface area (Å²) < 4.78 is 12.3. The molecule has 20 heavy (non-hydrogen) atoms. The van der Waals surface area contributed by atoms with Crippen LogP contribution in [0.25, 0.3) is 0 Å². The van der Waals surface area contributed by atoms with Gasteiger partial charge in [0.15, 0.2) is 8.32 Å². The normalized spacial score (nSPS) is 19.4. The lowest BCUT2D eigenvalue weighted by atomic mass is 10.2. The molecule has 1 atom stereocenters. The molecule has 1 aliphatic rings.